The van der Waals surface area contributed by atoms with Crippen LogP contribution in [0.4, 0.5) is 11.4 Å². The number of piperazine rings is 1. The zero-order valence-corrected chi connectivity index (χ0v) is 11.5. The van der Waals surface area contributed by atoms with Crippen LogP contribution in [0.1, 0.15) is 19.3 Å². The fourth-order valence-corrected chi connectivity index (χ4v) is 2.78. The van der Waals surface area contributed by atoms with E-state index in [0.29, 0.717) is 24.9 Å². The Morgan fingerprint density at radius 2 is 1.40 bits per heavy atom. The Bertz CT molecular complexity index is 490. The predicted molar refractivity (Wildman–Crippen MR) is 77.9 cm³/mol. The second-order valence-corrected chi connectivity index (χ2v) is 5.23. The SMILES string of the molecule is O=C1CCCC(=O)N1c1ccc(N2CCNCC2)cc1. The highest BCUT2D eigenvalue weighted by atomic mass is 16.2. The van der Waals surface area contributed by atoms with Gasteiger partial charge in [-0.25, -0.2) is 0 Å². The van der Waals surface area contributed by atoms with Gasteiger partial charge in [-0.15, -0.1) is 0 Å². The van der Waals surface area contributed by atoms with Gasteiger partial charge in [0.1, 0.15) is 0 Å². The number of rotatable bonds is 2. The van der Waals surface area contributed by atoms with E-state index in [-0.39, 0.29) is 11.8 Å². The summed E-state index contributed by atoms with van der Waals surface area (Å²) in [4.78, 5) is 27.4. The molecule has 2 amide bonds. The topological polar surface area (TPSA) is 52.7 Å². The van der Waals surface area contributed by atoms with Gasteiger partial charge in [-0.2, -0.15) is 0 Å². The van der Waals surface area contributed by atoms with E-state index in [4.69, 9.17) is 0 Å². The van der Waals surface area contributed by atoms with Crippen molar-refractivity contribution < 1.29 is 9.59 Å². The number of nitrogens with zero attached hydrogens (tertiary/aromatic N) is 2. The largest absolute Gasteiger partial charge is 0.369 e. The highest BCUT2D eigenvalue weighted by Gasteiger charge is 2.27. The maximum Gasteiger partial charge on any atom is 0.233 e. The zero-order valence-electron chi connectivity index (χ0n) is 11.5. The van der Waals surface area contributed by atoms with Crippen molar-refractivity contribution >= 4 is 23.2 Å². The average molecular weight is 273 g/mol. The second-order valence-electron chi connectivity index (χ2n) is 5.23. The Labute approximate surface area is 118 Å². The van der Waals surface area contributed by atoms with Gasteiger partial charge >= 0.3 is 0 Å². The lowest BCUT2D eigenvalue weighted by atomic mass is 10.1. The Kier molecular flexibility index (Phi) is 3.69. The van der Waals surface area contributed by atoms with E-state index in [1.807, 2.05) is 24.3 Å². The quantitative estimate of drug-likeness (QED) is 0.821. The number of anilines is 2. The van der Waals surface area contributed by atoms with E-state index < -0.39 is 0 Å². The molecule has 5 nitrogen and oxygen atoms in total. The van der Waals surface area contributed by atoms with E-state index in [9.17, 15) is 9.59 Å². The van der Waals surface area contributed by atoms with Gasteiger partial charge in [0, 0.05) is 44.7 Å². The molecule has 0 bridgehead atoms. The van der Waals surface area contributed by atoms with E-state index >= 15 is 0 Å². The van der Waals surface area contributed by atoms with Gasteiger partial charge in [-0.3, -0.25) is 14.5 Å². The summed E-state index contributed by atoms with van der Waals surface area (Å²) in [5.74, 6) is -0.174. The summed E-state index contributed by atoms with van der Waals surface area (Å²) in [6.07, 6.45) is 1.60. The number of piperidine rings is 1. The number of carbonyl (C=O) groups is 2. The van der Waals surface area contributed by atoms with Crippen LogP contribution in [0.15, 0.2) is 24.3 Å². The van der Waals surface area contributed by atoms with E-state index in [2.05, 4.69) is 10.2 Å². The van der Waals surface area contributed by atoms with Gasteiger partial charge < -0.3 is 10.2 Å². The summed E-state index contributed by atoms with van der Waals surface area (Å²) < 4.78 is 0. The smallest absolute Gasteiger partial charge is 0.233 e. The molecule has 2 aliphatic rings. The first-order chi connectivity index (χ1) is 9.75. The third-order valence-corrected chi connectivity index (χ3v) is 3.87. The minimum absolute atomic E-state index is 0.0869. The van der Waals surface area contributed by atoms with Gasteiger partial charge in [0.2, 0.25) is 11.8 Å². The molecule has 2 fully saturated rings. The van der Waals surface area contributed by atoms with Gasteiger partial charge in [-0.1, -0.05) is 0 Å². The van der Waals surface area contributed by atoms with Crippen molar-refractivity contribution in [2.75, 3.05) is 36.0 Å². The predicted octanol–water partition coefficient (Wildman–Crippen LogP) is 1.14. The summed E-state index contributed by atoms with van der Waals surface area (Å²) in [5.41, 5.74) is 1.84. The van der Waals surface area contributed by atoms with Crippen molar-refractivity contribution in [3.63, 3.8) is 0 Å². The third kappa shape index (κ3) is 2.54. The molecule has 3 rings (SSSR count). The fraction of sp³-hybridized carbons (Fsp3) is 0.467. The highest BCUT2D eigenvalue weighted by molar-refractivity contribution is 6.16. The lowest BCUT2D eigenvalue weighted by Gasteiger charge is -2.30. The maximum absolute atomic E-state index is 11.9. The van der Waals surface area contributed by atoms with Gasteiger partial charge in [0.05, 0.1) is 5.69 Å². The standard InChI is InChI=1S/C15H19N3O2/c19-14-2-1-3-15(20)18(14)13-6-4-12(5-7-13)17-10-8-16-9-11-17/h4-7,16H,1-3,8-11H2. The Hall–Kier alpha value is -1.88. The number of amides is 2. The first-order valence-electron chi connectivity index (χ1n) is 7.17. The van der Waals surface area contributed by atoms with Crippen molar-refractivity contribution in [2.45, 2.75) is 19.3 Å². The fourth-order valence-electron chi connectivity index (χ4n) is 2.78. The zero-order chi connectivity index (χ0) is 13.9. The molecule has 106 valence electrons. The number of imide groups is 1. The van der Waals surface area contributed by atoms with Crippen molar-refractivity contribution in [2.24, 2.45) is 0 Å². The second kappa shape index (κ2) is 5.63. The number of hydrogen-bond acceptors (Lipinski definition) is 4. The molecule has 0 atom stereocenters. The van der Waals surface area contributed by atoms with E-state index in [1.54, 1.807) is 0 Å². The maximum atomic E-state index is 11.9. The van der Waals surface area contributed by atoms with Crippen molar-refractivity contribution in [3.8, 4) is 0 Å². The summed E-state index contributed by atoms with van der Waals surface area (Å²) in [6, 6.07) is 7.74. The monoisotopic (exact) mass is 273 g/mol. The van der Waals surface area contributed by atoms with Crippen LogP contribution in [0.5, 0.6) is 0 Å². The molecule has 2 aliphatic heterocycles. The van der Waals surface area contributed by atoms with Gasteiger partial charge in [0.15, 0.2) is 0 Å². The molecule has 0 aromatic heterocycles. The number of nitrogens with one attached hydrogen (secondary N) is 1. The van der Waals surface area contributed by atoms with E-state index in [0.717, 1.165) is 31.9 Å². The first-order valence-corrected chi connectivity index (χ1v) is 7.17. The van der Waals surface area contributed by atoms with Crippen LogP contribution < -0.4 is 15.1 Å². The number of hydrogen-bond donors (Lipinski definition) is 1. The molecular formula is C15H19N3O2. The molecule has 1 aromatic carbocycles. The molecule has 0 spiro atoms. The molecule has 1 aromatic rings. The molecule has 0 radical (unpaired) electrons. The molecule has 0 unspecified atom stereocenters. The van der Waals surface area contributed by atoms with Crippen LogP contribution in [0.3, 0.4) is 0 Å². The van der Waals surface area contributed by atoms with Gasteiger partial charge in [-0.05, 0) is 30.7 Å². The van der Waals surface area contributed by atoms with Gasteiger partial charge in [0.25, 0.3) is 0 Å². The van der Waals surface area contributed by atoms with Crippen molar-refractivity contribution in [1.29, 1.82) is 0 Å². The number of benzene rings is 1. The molecule has 2 heterocycles. The van der Waals surface area contributed by atoms with E-state index in [1.165, 1.54) is 4.90 Å². The highest BCUT2D eigenvalue weighted by Crippen LogP contribution is 2.25. The minimum Gasteiger partial charge on any atom is -0.369 e. The normalized spacial score (nSPS) is 20.4. The Morgan fingerprint density at radius 1 is 0.850 bits per heavy atom. The molecule has 5 heteroatoms. The van der Waals surface area contributed by atoms with Crippen LogP contribution in [0.2, 0.25) is 0 Å². The molecule has 2 saturated heterocycles. The molecular weight excluding hydrogens is 254 g/mol. The number of carbonyl (C=O) groups excluding carboxylic acids is 2. The first kappa shape index (κ1) is 13.1. The summed E-state index contributed by atoms with van der Waals surface area (Å²) >= 11 is 0. The average Bonchev–Trinajstić information content (AvgIpc) is 2.49. The summed E-state index contributed by atoms with van der Waals surface area (Å²) in [6.45, 7) is 3.96. The lowest BCUT2D eigenvalue weighted by molar-refractivity contribution is -0.129. The Balaban J connectivity index is 1.78. The Morgan fingerprint density at radius 3 is 2.00 bits per heavy atom. The summed E-state index contributed by atoms with van der Waals surface area (Å²) in [7, 11) is 0. The van der Waals surface area contributed by atoms with Crippen LogP contribution in [0, 0.1) is 0 Å². The lowest BCUT2D eigenvalue weighted by Crippen LogP contribution is -2.43. The van der Waals surface area contributed by atoms with Crippen LogP contribution >= 0.6 is 0 Å². The molecule has 20 heavy (non-hydrogen) atoms. The van der Waals surface area contributed by atoms with Crippen LogP contribution in [0.25, 0.3) is 0 Å². The minimum atomic E-state index is -0.0869. The summed E-state index contributed by atoms with van der Waals surface area (Å²) in [5, 5.41) is 3.32. The molecule has 0 aliphatic carbocycles. The van der Waals surface area contributed by atoms with Crippen LogP contribution in [-0.2, 0) is 9.59 Å². The van der Waals surface area contributed by atoms with Crippen molar-refractivity contribution in [3.05, 3.63) is 24.3 Å². The van der Waals surface area contributed by atoms with Crippen molar-refractivity contribution in [1.82, 2.24) is 5.32 Å². The third-order valence-electron chi connectivity index (χ3n) is 3.87. The molecule has 1 N–H and O–H groups in total. The van der Waals surface area contributed by atoms with Crippen LogP contribution in [-0.4, -0.2) is 38.0 Å². The molecule has 0 saturated carbocycles.